The minimum atomic E-state index is 0.377. The number of imidazole rings is 2. The monoisotopic (exact) mass is 340 g/mol. The molecule has 0 aromatic carbocycles. The van der Waals surface area contributed by atoms with Gasteiger partial charge in [-0.2, -0.15) is 0 Å². The molecule has 4 aromatic rings. The van der Waals surface area contributed by atoms with Crippen molar-refractivity contribution in [3.8, 4) is 0 Å². The molecule has 0 saturated heterocycles. The van der Waals surface area contributed by atoms with Gasteiger partial charge in [-0.3, -0.25) is 0 Å². The molecule has 1 aliphatic carbocycles. The van der Waals surface area contributed by atoms with E-state index < -0.39 is 0 Å². The van der Waals surface area contributed by atoms with E-state index in [-0.39, 0.29) is 0 Å². The Morgan fingerprint density at radius 2 is 2.21 bits per heavy atom. The number of rotatable bonds is 2. The molecule has 1 aliphatic rings. The number of hydrogen-bond acceptors (Lipinski definition) is 3. The molecule has 6 nitrogen and oxygen atoms in total. The van der Waals surface area contributed by atoms with Crippen molar-refractivity contribution >= 4 is 33.7 Å². The molecular weight excluding hydrogens is 324 g/mol. The van der Waals surface area contributed by atoms with Crippen LogP contribution in [-0.4, -0.2) is 29.5 Å². The number of halogens is 1. The van der Waals surface area contributed by atoms with Crippen molar-refractivity contribution in [2.24, 2.45) is 0 Å². The van der Waals surface area contributed by atoms with Gasteiger partial charge in [-0.1, -0.05) is 11.6 Å². The van der Waals surface area contributed by atoms with Crippen molar-refractivity contribution in [3.63, 3.8) is 0 Å². The number of aromatic nitrogens is 6. The van der Waals surface area contributed by atoms with Gasteiger partial charge in [-0.25, -0.2) is 15.0 Å². The highest BCUT2D eigenvalue weighted by Gasteiger charge is 2.30. The lowest BCUT2D eigenvalue weighted by Crippen LogP contribution is -2.05. The molecule has 4 heterocycles. The van der Waals surface area contributed by atoms with E-state index in [9.17, 15) is 0 Å². The summed E-state index contributed by atoms with van der Waals surface area (Å²) in [4.78, 5) is 20.3. The molecule has 1 saturated carbocycles. The average Bonchev–Trinajstić information content (AvgIpc) is 3.32. The van der Waals surface area contributed by atoms with E-state index in [4.69, 9.17) is 11.6 Å². The van der Waals surface area contributed by atoms with Crippen LogP contribution in [-0.2, 0) is 0 Å². The Morgan fingerprint density at radius 3 is 3.04 bits per heavy atom. The number of fused-ring (bicyclic) bond motifs is 3. The van der Waals surface area contributed by atoms with Gasteiger partial charge in [0.1, 0.15) is 16.5 Å². The fraction of sp³-hybridized carbons (Fsp3) is 0.353. The average molecular weight is 341 g/mol. The van der Waals surface area contributed by atoms with Crippen molar-refractivity contribution in [1.82, 2.24) is 29.5 Å². The molecule has 2 atom stereocenters. The minimum absolute atomic E-state index is 0.377. The fourth-order valence-corrected chi connectivity index (χ4v) is 4.19. The van der Waals surface area contributed by atoms with Gasteiger partial charge >= 0.3 is 0 Å². The quantitative estimate of drug-likeness (QED) is 0.539. The maximum atomic E-state index is 6.41. The van der Waals surface area contributed by atoms with Crippen LogP contribution in [0, 0.1) is 6.92 Å². The van der Waals surface area contributed by atoms with Crippen molar-refractivity contribution in [2.45, 2.75) is 38.1 Å². The number of pyridine rings is 1. The molecule has 0 amide bonds. The summed E-state index contributed by atoms with van der Waals surface area (Å²) in [6.45, 7) is 2.02. The summed E-state index contributed by atoms with van der Waals surface area (Å²) in [5, 5.41) is 1.47. The molecule has 0 radical (unpaired) electrons. The zero-order valence-electron chi connectivity index (χ0n) is 13.3. The van der Waals surface area contributed by atoms with Gasteiger partial charge in [0, 0.05) is 35.4 Å². The molecule has 0 aliphatic heterocycles. The molecule has 24 heavy (non-hydrogen) atoms. The van der Waals surface area contributed by atoms with Crippen molar-refractivity contribution in [2.75, 3.05) is 0 Å². The summed E-state index contributed by atoms with van der Waals surface area (Å²) in [6.07, 6.45) is 8.87. The summed E-state index contributed by atoms with van der Waals surface area (Å²) in [6, 6.07) is 2.40. The Labute approximate surface area is 143 Å². The lowest BCUT2D eigenvalue weighted by atomic mass is 10.1. The van der Waals surface area contributed by atoms with Gasteiger partial charge in [0.25, 0.3) is 0 Å². The maximum absolute atomic E-state index is 6.41. The highest BCUT2D eigenvalue weighted by molar-refractivity contribution is 6.35. The van der Waals surface area contributed by atoms with Gasteiger partial charge in [0.05, 0.1) is 11.8 Å². The summed E-state index contributed by atoms with van der Waals surface area (Å²) in [5.74, 6) is 1.55. The lowest BCUT2D eigenvalue weighted by molar-refractivity contribution is 0.517. The predicted molar refractivity (Wildman–Crippen MR) is 93.3 cm³/mol. The number of nitrogens with one attached hydrogen (secondary N) is 2. The van der Waals surface area contributed by atoms with Crippen LogP contribution in [0.3, 0.4) is 0 Å². The largest absolute Gasteiger partial charge is 0.357 e. The van der Waals surface area contributed by atoms with Crippen LogP contribution in [0.4, 0.5) is 0 Å². The molecule has 4 aromatic heterocycles. The Hall–Kier alpha value is -2.34. The molecule has 7 heteroatoms. The van der Waals surface area contributed by atoms with Crippen LogP contribution in [0.15, 0.2) is 24.8 Å². The third-order valence-corrected chi connectivity index (χ3v) is 5.38. The molecule has 1 fully saturated rings. The van der Waals surface area contributed by atoms with Crippen molar-refractivity contribution < 1.29 is 0 Å². The topological polar surface area (TPSA) is 75.2 Å². The molecular formula is C17H17ClN6. The molecule has 0 unspecified atom stereocenters. The standard InChI is InChI=1S/C17H17ClN6/c1-9-6-12-13(22-9)14-17(23-15(12)18)24(8-21-14)11-3-2-10(7-11)16-19-4-5-20-16/h4-6,8,10-11,22H,2-3,7H2,1H3,(H,19,20)/t10-,11+/m1/s1. The third-order valence-electron chi connectivity index (χ3n) is 5.09. The lowest BCUT2D eigenvalue weighted by Gasteiger charge is -2.13. The van der Waals surface area contributed by atoms with Gasteiger partial charge in [0.2, 0.25) is 0 Å². The van der Waals surface area contributed by atoms with E-state index in [0.29, 0.717) is 17.1 Å². The molecule has 5 rings (SSSR count). The Bertz CT molecular complexity index is 1030. The van der Waals surface area contributed by atoms with E-state index in [1.165, 1.54) is 0 Å². The molecule has 0 spiro atoms. The number of nitrogens with zero attached hydrogens (tertiary/aromatic N) is 4. The van der Waals surface area contributed by atoms with E-state index in [1.807, 2.05) is 31.7 Å². The summed E-state index contributed by atoms with van der Waals surface area (Å²) >= 11 is 6.41. The third kappa shape index (κ3) is 1.99. The van der Waals surface area contributed by atoms with Crippen LogP contribution in [0.1, 0.15) is 42.7 Å². The second-order valence-electron chi connectivity index (χ2n) is 6.61. The first-order chi connectivity index (χ1) is 11.7. The number of aryl methyl sites for hydroxylation is 1. The first-order valence-corrected chi connectivity index (χ1v) is 8.59. The molecule has 2 N–H and O–H groups in total. The van der Waals surface area contributed by atoms with E-state index in [0.717, 1.165) is 52.8 Å². The first kappa shape index (κ1) is 14.0. The molecule has 122 valence electrons. The van der Waals surface area contributed by atoms with Crippen LogP contribution in [0.2, 0.25) is 5.15 Å². The number of aromatic amines is 2. The van der Waals surface area contributed by atoms with Gasteiger partial charge in [-0.05, 0) is 32.3 Å². The SMILES string of the molecule is Cc1cc2c(Cl)nc3c(ncn3[C@H]3CC[C@@H](c4ncc[nH]4)C3)c2[nH]1. The highest BCUT2D eigenvalue weighted by Crippen LogP contribution is 2.41. The fourth-order valence-electron chi connectivity index (χ4n) is 3.96. The maximum Gasteiger partial charge on any atom is 0.163 e. The zero-order valence-corrected chi connectivity index (χ0v) is 14.0. The van der Waals surface area contributed by atoms with Gasteiger partial charge < -0.3 is 14.5 Å². The first-order valence-electron chi connectivity index (χ1n) is 8.21. The van der Waals surface area contributed by atoms with Gasteiger partial charge in [-0.15, -0.1) is 0 Å². The van der Waals surface area contributed by atoms with Crippen LogP contribution in [0.25, 0.3) is 22.1 Å². The number of H-pyrrole nitrogens is 2. The Morgan fingerprint density at radius 1 is 1.29 bits per heavy atom. The van der Waals surface area contributed by atoms with Crippen LogP contribution < -0.4 is 0 Å². The minimum Gasteiger partial charge on any atom is -0.357 e. The van der Waals surface area contributed by atoms with E-state index >= 15 is 0 Å². The Kier molecular flexibility index (Phi) is 2.97. The van der Waals surface area contributed by atoms with Gasteiger partial charge in [0.15, 0.2) is 5.65 Å². The van der Waals surface area contributed by atoms with Crippen LogP contribution >= 0.6 is 11.6 Å². The summed E-state index contributed by atoms with van der Waals surface area (Å²) in [5.41, 5.74) is 3.79. The second kappa shape index (κ2) is 5.08. The predicted octanol–water partition coefficient (Wildman–Crippen LogP) is 4.11. The summed E-state index contributed by atoms with van der Waals surface area (Å²) in [7, 11) is 0. The normalized spacial score (nSPS) is 21.2. The second-order valence-corrected chi connectivity index (χ2v) is 6.96. The smallest absolute Gasteiger partial charge is 0.163 e. The van der Waals surface area contributed by atoms with Crippen molar-refractivity contribution in [3.05, 3.63) is 41.5 Å². The Balaban J connectivity index is 1.58. The number of hydrogen-bond donors (Lipinski definition) is 2. The zero-order chi connectivity index (χ0) is 16.3. The molecule has 0 bridgehead atoms. The van der Waals surface area contributed by atoms with Crippen molar-refractivity contribution in [1.29, 1.82) is 0 Å². The summed E-state index contributed by atoms with van der Waals surface area (Å²) < 4.78 is 2.18. The van der Waals surface area contributed by atoms with Crippen LogP contribution in [0.5, 0.6) is 0 Å². The highest BCUT2D eigenvalue weighted by atomic mass is 35.5. The van der Waals surface area contributed by atoms with E-state index in [1.54, 1.807) is 0 Å². The van der Waals surface area contributed by atoms with E-state index in [2.05, 4.69) is 29.5 Å².